The summed E-state index contributed by atoms with van der Waals surface area (Å²) in [5.41, 5.74) is 9.69. The highest BCUT2D eigenvalue weighted by molar-refractivity contribution is 8.13. The Kier molecular flexibility index (Phi) is 4.45. The van der Waals surface area contributed by atoms with E-state index in [0.29, 0.717) is 5.75 Å². The molecular formula is C13H15NOS. The lowest BCUT2D eigenvalue weighted by Gasteiger charge is -2.04. The number of benzene rings is 1. The van der Waals surface area contributed by atoms with Gasteiger partial charge in [0.05, 0.1) is 11.4 Å². The standard InChI is InChI=1S/C13H15NOS/c1-9-7-10(2)13(14)12(8-9)5-4-6-16-11(3)15/h7-8H,6,14H2,1-3H3. The number of anilines is 1. The van der Waals surface area contributed by atoms with Gasteiger partial charge in [0.2, 0.25) is 0 Å². The Morgan fingerprint density at radius 2 is 2.12 bits per heavy atom. The molecule has 0 atom stereocenters. The molecule has 0 bridgehead atoms. The fourth-order valence-electron chi connectivity index (χ4n) is 1.35. The number of nitrogen functional groups attached to an aromatic ring is 1. The molecule has 1 aromatic rings. The highest BCUT2D eigenvalue weighted by Crippen LogP contribution is 2.18. The molecule has 0 saturated heterocycles. The molecule has 0 radical (unpaired) electrons. The zero-order chi connectivity index (χ0) is 12.1. The minimum absolute atomic E-state index is 0.0858. The second-order valence-electron chi connectivity index (χ2n) is 3.63. The van der Waals surface area contributed by atoms with Gasteiger partial charge in [-0.15, -0.1) is 0 Å². The molecule has 0 aromatic heterocycles. The number of carbonyl (C=O) groups is 1. The van der Waals surface area contributed by atoms with Gasteiger partial charge in [-0.05, 0) is 31.0 Å². The number of nitrogens with two attached hydrogens (primary N) is 1. The molecule has 0 unspecified atom stereocenters. The van der Waals surface area contributed by atoms with Crippen molar-refractivity contribution in [1.29, 1.82) is 0 Å². The first-order chi connectivity index (χ1) is 7.50. The van der Waals surface area contributed by atoms with Crippen LogP contribution in [0.1, 0.15) is 23.6 Å². The number of carbonyl (C=O) groups excluding carboxylic acids is 1. The summed E-state index contributed by atoms with van der Waals surface area (Å²) in [6.45, 7) is 5.53. The SMILES string of the molecule is CC(=O)SCC#Cc1cc(C)cc(C)c1N. The fourth-order valence-corrected chi connectivity index (χ4v) is 1.70. The molecule has 2 nitrogen and oxygen atoms in total. The Labute approximate surface area is 101 Å². The van der Waals surface area contributed by atoms with Gasteiger partial charge in [0.25, 0.3) is 0 Å². The van der Waals surface area contributed by atoms with Gasteiger partial charge in [-0.1, -0.05) is 29.7 Å². The molecule has 16 heavy (non-hydrogen) atoms. The van der Waals surface area contributed by atoms with Crippen LogP contribution in [0.4, 0.5) is 5.69 Å². The van der Waals surface area contributed by atoms with Crippen LogP contribution in [-0.4, -0.2) is 10.9 Å². The molecule has 1 aromatic carbocycles. The highest BCUT2D eigenvalue weighted by Gasteiger charge is 2.00. The van der Waals surface area contributed by atoms with E-state index in [0.717, 1.165) is 22.4 Å². The molecule has 3 heteroatoms. The smallest absolute Gasteiger partial charge is 0.186 e. The van der Waals surface area contributed by atoms with Crippen LogP contribution in [0.5, 0.6) is 0 Å². The fraction of sp³-hybridized carbons (Fsp3) is 0.308. The van der Waals surface area contributed by atoms with E-state index in [1.54, 1.807) is 0 Å². The van der Waals surface area contributed by atoms with E-state index < -0.39 is 0 Å². The van der Waals surface area contributed by atoms with E-state index in [-0.39, 0.29) is 5.12 Å². The average molecular weight is 233 g/mol. The Hall–Kier alpha value is -1.40. The van der Waals surface area contributed by atoms with Crippen molar-refractivity contribution < 1.29 is 4.79 Å². The van der Waals surface area contributed by atoms with Crippen LogP contribution in [0.25, 0.3) is 0 Å². The maximum absolute atomic E-state index is 10.7. The van der Waals surface area contributed by atoms with Crippen molar-refractivity contribution in [2.75, 3.05) is 11.5 Å². The van der Waals surface area contributed by atoms with E-state index >= 15 is 0 Å². The van der Waals surface area contributed by atoms with Crippen molar-refractivity contribution in [3.8, 4) is 11.8 Å². The number of rotatable bonds is 1. The maximum atomic E-state index is 10.7. The average Bonchev–Trinajstić information content (AvgIpc) is 2.19. The van der Waals surface area contributed by atoms with E-state index in [4.69, 9.17) is 5.73 Å². The molecule has 0 aliphatic rings. The quantitative estimate of drug-likeness (QED) is 0.598. The summed E-state index contributed by atoms with van der Waals surface area (Å²) < 4.78 is 0. The maximum Gasteiger partial charge on any atom is 0.186 e. The Balaban J connectivity index is 2.84. The van der Waals surface area contributed by atoms with Gasteiger partial charge in [0.15, 0.2) is 5.12 Å². The van der Waals surface area contributed by atoms with E-state index in [2.05, 4.69) is 11.8 Å². The number of aryl methyl sites for hydroxylation is 2. The molecule has 0 amide bonds. The van der Waals surface area contributed by atoms with Gasteiger partial charge >= 0.3 is 0 Å². The molecule has 0 heterocycles. The summed E-state index contributed by atoms with van der Waals surface area (Å²) in [5, 5.41) is 0.0858. The van der Waals surface area contributed by atoms with Crippen LogP contribution in [0.15, 0.2) is 12.1 Å². The first-order valence-electron chi connectivity index (χ1n) is 4.99. The number of thioether (sulfide) groups is 1. The van der Waals surface area contributed by atoms with Gasteiger partial charge in [-0.25, -0.2) is 0 Å². The van der Waals surface area contributed by atoms with Crippen LogP contribution in [0, 0.1) is 25.7 Å². The van der Waals surface area contributed by atoms with Crippen molar-refractivity contribution >= 4 is 22.6 Å². The lowest BCUT2D eigenvalue weighted by Crippen LogP contribution is -1.95. The monoisotopic (exact) mass is 233 g/mol. The zero-order valence-electron chi connectivity index (χ0n) is 9.76. The summed E-state index contributed by atoms with van der Waals surface area (Å²) in [6.07, 6.45) is 0. The molecule has 0 saturated carbocycles. The Morgan fingerprint density at radius 1 is 1.44 bits per heavy atom. The van der Waals surface area contributed by atoms with Crippen LogP contribution in [0.2, 0.25) is 0 Å². The molecular weight excluding hydrogens is 218 g/mol. The number of hydrogen-bond acceptors (Lipinski definition) is 3. The molecule has 0 aliphatic carbocycles. The van der Waals surface area contributed by atoms with Crippen molar-refractivity contribution in [1.82, 2.24) is 0 Å². The third kappa shape index (κ3) is 3.63. The third-order valence-electron chi connectivity index (χ3n) is 2.10. The predicted octanol–water partition coefficient (Wildman–Crippen LogP) is 2.52. The highest BCUT2D eigenvalue weighted by atomic mass is 32.2. The Morgan fingerprint density at radius 3 is 2.75 bits per heavy atom. The minimum Gasteiger partial charge on any atom is -0.398 e. The van der Waals surface area contributed by atoms with Crippen LogP contribution < -0.4 is 5.73 Å². The second kappa shape index (κ2) is 5.62. The second-order valence-corrected chi connectivity index (χ2v) is 4.78. The van der Waals surface area contributed by atoms with Gasteiger partial charge in [-0.3, -0.25) is 4.79 Å². The normalized spacial score (nSPS) is 9.44. The first kappa shape index (κ1) is 12.7. The van der Waals surface area contributed by atoms with Crippen LogP contribution in [0.3, 0.4) is 0 Å². The van der Waals surface area contributed by atoms with Crippen LogP contribution in [-0.2, 0) is 4.79 Å². The van der Waals surface area contributed by atoms with E-state index in [9.17, 15) is 4.79 Å². The van der Waals surface area contributed by atoms with Gasteiger partial charge in [0, 0.05) is 12.5 Å². The van der Waals surface area contributed by atoms with Crippen molar-refractivity contribution in [2.45, 2.75) is 20.8 Å². The van der Waals surface area contributed by atoms with Gasteiger partial charge < -0.3 is 5.73 Å². The summed E-state index contributed by atoms with van der Waals surface area (Å²) >= 11 is 1.21. The van der Waals surface area contributed by atoms with Crippen molar-refractivity contribution in [2.24, 2.45) is 0 Å². The lowest BCUT2D eigenvalue weighted by molar-refractivity contribution is -0.109. The predicted molar refractivity (Wildman–Crippen MR) is 70.3 cm³/mol. The zero-order valence-corrected chi connectivity index (χ0v) is 10.6. The third-order valence-corrected chi connectivity index (χ3v) is 2.80. The molecule has 0 spiro atoms. The van der Waals surface area contributed by atoms with Gasteiger partial charge in [-0.2, -0.15) is 0 Å². The first-order valence-corrected chi connectivity index (χ1v) is 5.98. The van der Waals surface area contributed by atoms with Gasteiger partial charge in [0.1, 0.15) is 0 Å². The molecule has 1 rings (SSSR count). The molecule has 2 N–H and O–H groups in total. The van der Waals surface area contributed by atoms with E-state index in [1.165, 1.54) is 18.7 Å². The van der Waals surface area contributed by atoms with Crippen molar-refractivity contribution in [3.05, 3.63) is 28.8 Å². The molecule has 0 aliphatic heterocycles. The minimum atomic E-state index is 0.0858. The topological polar surface area (TPSA) is 43.1 Å². The largest absolute Gasteiger partial charge is 0.398 e. The summed E-state index contributed by atoms with van der Waals surface area (Å²) in [5.74, 6) is 6.46. The summed E-state index contributed by atoms with van der Waals surface area (Å²) in [7, 11) is 0. The molecule has 0 fully saturated rings. The summed E-state index contributed by atoms with van der Waals surface area (Å²) in [4.78, 5) is 10.7. The molecule has 84 valence electrons. The number of hydrogen-bond donors (Lipinski definition) is 1. The van der Waals surface area contributed by atoms with Crippen LogP contribution >= 0.6 is 11.8 Å². The lowest BCUT2D eigenvalue weighted by atomic mass is 10.0. The van der Waals surface area contributed by atoms with E-state index in [1.807, 2.05) is 26.0 Å². The summed E-state index contributed by atoms with van der Waals surface area (Å²) in [6, 6.07) is 4.00. The van der Waals surface area contributed by atoms with Crippen molar-refractivity contribution in [3.63, 3.8) is 0 Å². The Bertz CT molecular complexity index is 469.